The number of benzene rings is 3. The lowest BCUT2D eigenvalue weighted by Crippen LogP contribution is -2.30. The highest BCUT2D eigenvalue weighted by molar-refractivity contribution is 7.98. The Hall–Kier alpha value is -3.10. The Labute approximate surface area is 192 Å². The number of anilines is 2. The summed E-state index contributed by atoms with van der Waals surface area (Å²) >= 11 is 1.54. The lowest BCUT2D eigenvalue weighted by molar-refractivity contribution is 0.101. The molecule has 0 bridgehead atoms. The number of amides is 1. The van der Waals surface area contributed by atoms with Gasteiger partial charge in [-0.3, -0.25) is 13.9 Å². The molecule has 0 unspecified atom stereocenters. The molecule has 1 amide bonds. The second-order valence-electron chi connectivity index (χ2n) is 6.98. The lowest BCUT2D eigenvalue weighted by Gasteiger charge is -2.23. The van der Waals surface area contributed by atoms with E-state index in [2.05, 4.69) is 5.32 Å². The van der Waals surface area contributed by atoms with Gasteiger partial charge in [0.05, 0.1) is 10.6 Å². The standard InChI is InChI=1S/C24H24N2O4S2/c1-4-26(32(29,30)23-14-12-22(31-3)13-15-23)21-10-8-18(9-11-21)24(28)25-20-7-5-6-19(16-20)17(2)27/h5-16H,4H2,1-3H3,(H,25,28). The zero-order chi connectivity index (χ0) is 23.3. The van der Waals surface area contributed by atoms with E-state index >= 15 is 0 Å². The third-order valence-electron chi connectivity index (χ3n) is 4.88. The molecule has 0 aliphatic carbocycles. The molecule has 0 heterocycles. The van der Waals surface area contributed by atoms with E-state index < -0.39 is 10.0 Å². The largest absolute Gasteiger partial charge is 0.322 e. The predicted molar refractivity (Wildman–Crippen MR) is 129 cm³/mol. The predicted octanol–water partition coefficient (Wildman–Crippen LogP) is 5.08. The maximum absolute atomic E-state index is 13.1. The van der Waals surface area contributed by atoms with Crippen LogP contribution < -0.4 is 9.62 Å². The molecule has 0 aliphatic rings. The fourth-order valence-electron chi connectivity index (χ4n) is 3.16. The second kappa shape index (κ2) is 10.0. The van der Waals surface area contributed by atoms with Gasteiger partial charge in [-0.25, -0.2) is 8.42 Å². The number of nitrogens with zero attached hydrogens (tertiary/aromatic N) is 1. The van der Waals surface area contributed by atoms with Crippen LogP contribution in [0.15, 0.2) is 82.6 Å². The number of thioether (sulfide) groups is 1. The first-order chi connectivity index (χ1) is 15.3. The summed E-state index contributed by atoms with van der Waals surface area (Å²) < 4.78 is 27.6. The molecule has 1 N–H and O–H groups in total. The fourth-order valence-corrected chi connectivity index (χ4v) is 5.05. The van der Waals surface area contributed by atoms with Crippen LogP contribution in [0.25, 0.3) is 0 Å². The highest BCUT2D eigenvalue weighted by Crippen LogP contribution is 2.26. The van der Waals surface area contributed by atoms with Gasteiger partial charge < -0.3 is 5.32 Å². The summed E-state index contributed by atoms with van der Waals surface area (Å²) in [7, 11) is -3.73. The molecule has 0 aliphatic heterocycles. The van der Waals surface area contributed by atoms with Crippen molar-refractivity contribution in [2.24, 2.45) is 0 Å². The Kier molecular flexibility index (Phi) is 7.37. The van der Waals surface area contributed by atoms with Gasteiger partial charge >= 0.3 is 0 Å². The third-order valence-corrected chi connectivity index (χ3v) is 7.54. The Morgan fingerprint density at radius 3 is 2.16 bits per heavy atom. The van der Waals surface area contributed by atoms with Crippen LogP contribution >= 0.6 is 11.8 Å². The third kappa shape index (κ3) is 5.20. The summed E-state index contributed by atoms with van der Waals surface area (Å²) in [5.41, 5.74) is 1.86. The van der Waals surface area contributed by atoms with Crippen LogP contribution in [-0.2, 0) is 10.0 Å². The monoisotopic (exact) mass is 468 g/mol. The summed E-state index contributed by atoms with van der Waals surface area (Å²) in [4.78, 5) is 25.3. The summed E-state index contributed by atoms with van der Waals surface area (Å²) in [6.07, 6.45) is 1.93. The quantitative estimate of drug-likeness (QED) is 0.368. The van der Waals surface area contributed by atoms with Crippen molar-refractivity contribution in [1.82, 2.24) is 0 Å². The maximum Gasteiger partial charge on any atom is 0.264 e. The van der Waals surface area contributed by atoms with Crippen molar-refractivity contribution >= 4 is 44.9 Å². The molecule has 0 saturated heterocycles. The van der Waals surface area contributed by atoms with Crippen molar-refractivity contribution < 1.29 is 18.0 Å². The van der Waals surface area contributed by atoms with Crippen LogP contribution in [-0.4, -0.2) is 32.9 Å². The minimum absolute atomic E-state index is 0.0885. The number of hydrogen-bond acceptors (Lipinski definition) is 5. The van der Waals surface area contributed by atoms with Gasteiger partial charge in [-0.2, -0.15) is 0 Å². The molecular formula is C24H24N2O4S2. The molecule has 0 radical (unpaired) electrons. The molecule has 0 spiro atoms. The van der Waals surface area contributed by atoms with Crippen molar-refractivity contribution in [2.45, 2.75) is 23.6 Å². The molecule has 166 valence electrons. The second-order valence-corrected chi connectivity index (χ2v) is 9.73. The first kappa shape index (κ1) is 23.6. The zero-order valence-corrected chi connectivity index (χ0v) is 19.7. The number of carbonyl (C=O) groups is 2. The molecule has 3 aromatic carbocycles. The molecule has 32 heavy (non-hydrogen) atoms. The Morgan fingerprint density at radius 2 is 1.59 bits per heavy atom. The van der Waals surface area contributed by atoms with Gasteiger partial charge in [-0.05, 0) is 80.8 Å². The van der Waals surface area contributed by atoms with E-state index in [1.54, 1.807) is 91.5 Å². The highest BCUT2D eigenvalue weighted by atomic mass is 32.2. The van der Waals surface area contributed by atoms with Gasteiger partial charge in [0.15, 0.2) is 5.78 Å². The molecule has 0 fully saturated rings. The van der Waals surface area contributed by atoms with Crippen molar-refractivity contribution in [3.8, 4) is 0 Å². The van der Waals surface area contributed by atoms with Crippen LogP contribution in [0.4, 0.5) is 11.4 Å². The van der Waals surface area contributed by atoms with E-state index in [4.69, 9.17) is 0 Å². The normalized spacial score (nSPS) is 11.1. The van der Waals surface area contributed by atoms with Crippen LogP contribution in [0.2, 0.25) is 0 Å². The molecule has 3 aromatic rings. The van der Waals surface area contributed by atoms with Gasteiger partial charge in [0.25, 0.3) is 15.9 Å². The van der Waals surface area contributed by atoms with E-state index in [0.29, 0.717) is 22.5 Å². The number of hydrogen-bond donors (Lipinski definition) is 1. The summed E-state index contributed by atoms with van der Waals surface area (Å²) in [6.45, 7) is 3.47. The molecule has 0 aromatic heterocycles. The first-order valence-corrected chi connectivity index (χ1v) is 12.6. The number of carbonyl (C=O) groups excluding carboxylic acids is 2. The zero-order valence-electron chi connectivity index (χ0n) is 18.0. The van der Waals surface area contributed by atoms with Gasteiger partial charge in [0, 0.05) is 28.3 Å². The number of rotatable bonds is 8. The van der Waals surface area contributed by atoms with Crippen molar-refractivity contribution in [3.63, 3.8) is 0 Å². The first-order valence-electron chi connectivity index (χ1n) is 9.95. The van der Waals surface area contributed by atoms with Gasteiger partial charge in [-0.15, -0.1) is 11.8 Å². The summed E-state index contributed by atoms with van der Waals surface area (Å²) in [6, 6.07) is 19.8. The van der Waals surface area contributed by atoms with Gasteiger partial charge in [0.2, 0.25) is 0 Å². The Bertz CT molecular complexity index is 1220. The number of sulfonamides is 1. The minimum Gasteiger partial charge on any atom is -0.322 e. The smallest absolute Gasteiger partial charge is 0.264 e. The molecule has 6 nitrogen and oxygen atoms in total. The maximum atomic E-state index is 13.1. The van der Waals surface area contributed by atoms with E-state index in [0.717, 1.165) is 4.90 Å². The van der Waals surface area contributed by atoms with E-state index in [1.807, 2.05) is 6.26 Å². The van der Waals surface area contributed by atoms with Crippen molar-refractivity contribution in [3.05, 3.63) is 83.9 Å². The number of ketones is 1. The number of nitrogens with one attached hydrogen (secondary N) is 1. The lowest BCUT2D eigenvalue weighted by atomic mass is 10.1. The molecule has 3 rings (SSSR count). The molecule has 8 heteroatoms. The van der Waals surface area contributed by atoms with Crippen LogP contribution in [0.1, 0.15) is 34.6 Å². The molecular weight excluding hydrogens is 444 g/mol. The van der Waals surface area contributed by atoms with E-state index in [-0.39, 0.29) is 23.1 Å². The van der Waals surface area contributed by atoms with Gasteiger partial charge in [0.1, 0.15) is 0 Å². The summed E-state index contributed by atoms with van der Waals surface area (Å²) in [5, 5.41) is 2.76. The van der Waals surface area contributed by atoms with Crippen LogP contribution in [0.5, 0.6) is 0 Å². The van der Waals surface area contributed by atoms with E-state index in [1.165, 1.54) is 11.2 Å². The summed E-state index contributed by atoms with van der Waals surface area (Å²) in [5.74, 6) is -0.440. The molecule has 0 atom stereocenters. The average Bonchev–Trinajstić information content (AvgIpc) is 2.80. The Morgan fingerprint density at radius 1 is 0.938 bits per heavy atom. The fraction of sp³-hybridized carbons (Fsp3) is 0.167. The van der Waals surface area contributed by atoms with Crippen molar-refractivity contribution in [2.75, 3.05) is 22.4 Å². The van der Waals surface area contributed by atoms with Crippen LogP contribution in [0.3, 0.4) is 0 Å². The van der Waals surface area contributed by atoms with E-state index in [9.17, 15) is 18.0 Å². The molecule has 0 saturated carbocycles. The highest BCUT2D eigenvalue weighted by Gasteiger charge is 2.23. The minimum atomic E-state index is -3.73. The van der Waals surface area contributed by atoms with Crippen LogP contribution in [0, 0.1) is 0 Å². The van der Waals surface area contributed by atoms with Gasteiger partial charge in [-0.1, -0.05) is 12.1 Å². The SMILES string of the molecule is CCN(c1ccc(C(=O)Nc2cccc(C(C)=O)c2)cc1)S(=O)(=O)c1ccc(SC)cc1. The topological polar surface area (TPSA) is 83.6 Å². The average molecular weight is 469 g/mol. The van der Waals surface area contributed by atoms with Crippen molar-refractivity contribution in [1.29, 1.82) is 0 Å². The number of Topliss-reactive ketones (excluding diaryl/α,β-unsaturated/α-hetero) is 1. The Balaban J connectivity index is 1.80.